The number of hydrogen-bond acceptors (Lipinski definition) is 5. The maximum Gasteiger partial charge on any atom is 0.359 e. The Labute approximate surface area is 158 Å². The van der Waals surface area contributed by atoms with E-state index >= 15 is 0 Å². The van der Waals surface area contributed by atoms with Gasteiger partial charge in [0.25, 0.3) is 0 Å². The minimum Gasteiger partial charge on any atom is -0.496 e. The first kappa shape index (κ1) is 19.3. The summed E-state index contributed by atoms with van der Waals surface area (Å²) in [5.74, 6) is -0.145. The Morgan fingerprint density at radius 2 is 2.12 bits per heavy atom. The molecule has 0 aliphatic heterocycles. The summed E-state index contributed by atoms with van der Waals surface area (Å²) in [5, 5.41) is 8.47. The number of methoxy groups -OCH3 is 1. The molecule has 1 aromatic heterocycles. The average Bonchev–Trinajstić information content (AvgIpc) is 2.86. The fraction of sp³-hybridized carbons (Fsp3) is 0.312. The maximum absolute atomic E-state index is 12.3. The van der Waals surface area contributed by atoms with E-state index in [0.717, 1.165) is 15.9 Å². The van der Waals surface area contributed by atoms with Crippen LogP contribution >= 0.6 is 27.5 Å². The van der Waals surface area contributed by atoms with Crippen molar-refractivity contribution in [3.05, 3.63) is 44.6 Å². The maximum atomic E-state index is 12.3. The average molecular weight is 430 g/mol. The van der Waals surface area contributed by atoms with Crippen LogP contribution in [0.3, 0.4) is 0 Å². The van der Waals surface area contributed by atoms with E-state index in [1.807, 2.05) is 13.8 Å². The molecule has 2 rings (SSSR count). The van der Waals surface area contributed by atoms with Gasteiger partial charge in [-0.3, -0.25) is 4.68 Å². The van der Waals surface area contributed by atoms with Crippen LogP contribution in [0.1, 0.15) is 29.9 Å². The van der Waals surface area contributed by atoms with Crippen LogP contribution in [0.5, 0.6) is 5.75 Å². The van der Waals surface area contributed by atoms with Crippen LogP contribution < -0.4 is 10.5 Å². The highest BCUT2D eigenvalue weighted by atomic mass is 79.9. The Hall–Kier alpha value is -2.06. The summed E-state index contributed by atoms with van der Waals surface area (Å²) >= 11 is 9.38. The fourth-order valence-corrected chi connectivity index (χ4v) is 2.65. The summed E-state index contributed by atoms with van der Waals surface area (Å²) in [6, 6.07) is 4.22. The van der Waals surface area contributed by atoms with Gasteiger partial charge in [-0.2, -0.15) is 5.10 Å². The lowest BCUT2D eigenvalue weighted by molar-refractivity contribution is -0.147. The SMILES string of the molecule is COc1ccc(Cl)cc1/C(N)=N/OC(=O)C(C)n1nc(C)c(Br)c1C. The molecular weight excluding hydrogens is 412 g/mol. The zero-order valence-corrected chi connectivity index (χ0v) is 16.6. The first-order valence-corrected chi connectivity index (χ1v) is 8.52. The molecule has 1 aromatic carbocycles. The number of carbonyl (C=O) groups excluding carboxylic acids is 1. The summed E-state index contributed by atoms with van der Waals surface area (Å²) in [7, 11) is 1.49. The van der Waals surface area contributed by atoms with Crippen molar-refractivity contribution in [2.45, 2.75) is 26.8 Å². The molecule has 0 fully saturated rings. The van der Waals surface area contributed by atoms with Gasteiger partial charge in [0, 0.05) is 5.02 Å². The molecule has 2 aromatic rings. The normalized spacial score (nSPS) is 12.8. The van der Waals surface area contributed by atoms with E-state index in [0.29, 0.717) is 16.3 Å². The highest BCUT2D eigenvalue weighted by Crippen LogP contribution is 2.24. The van der Waals surface area contributed by atoms with Crippen LogP contribution in [0.4, 0.5) is 0 Å². The van der Waals surface area contributed by atoms with Crippen molar-refractivity contribution in [1.29, 1.82) is 0 Å². The number of carbonyl (C=O) groups is 1. The van der Waals surface area contributed by atoms with Crippen LogP contribution in [0, 0.1) is 13.8 Å². The third-order valence-corrected chi connectivity index (χ3v) is 5.00. The predicted octanol–water partition coefficient (Wildman–Crippen LogP) is 3.35. The van der Waals surface area contributed by atoms with Crippen LogP contribution in [-0.2, 0) is 9.63 Å². The minimum absolute atomic E-state index is 0.0190. The Kier molecular flexibility index (Phi) is 6.07. The quantitative estimate of drug-likeness (QED) is 0.340. The van der Waals surface area contributed by atoms with E-state index in [2.05, 4.69) is 26.2 Å². The monoisotopic (exact) mass is 428 g/mol. The minimum atomic E-state index is -0.664. The van der Waals surface area contributed by atoms with E-state index in [4.69, 9.17) is 26.9 Å². The molecule has 1 unspecified atom stereocenters. The number of rotatable bonds is 5. The Morgan fingerprint density at radius 3 is 2.68 bits per heavy atom. The van der Waals surface area contributed by atoms with Crippen molar-refractivity contribution in [2.75, 3.05) is 7.11 Å². The Morgan fingerprint density at radius 1 is 1.44 bits per heavy atom. The number of halogens is 2. The molecule has 0 spiro atoms. The number of hydrogen-bond donors (Lipinski definition) is 1. The van der Waals surface area contributed by atoms with Crippen molar-refractivity contribution in [3.8, 4) is 5.75 Å². The Balaban J connectivity index is 2.19. The molecule has 7 nitrogen and oxygen atoms in total. The lowest BCUT2D eigenvalue weighted by atomic mass is 10.2. The fourth-order valence-electron chi connectivity index (χ4n) is 2.22. The molecule has 0 saturated carbocycles. The second kappa shape index (κ2) is 7.88. The first-order chi connectivity index (χ1) is 11.8. The molecule has 25 heavy (non-hydrogen) atoms. The molecule has 0 aliphatic carbocycles. The second-order valence-corrected chi connectivity index (χ2v) is 6.57. The first-order valence-electron chi connectivity index (χ1n) is 7.35. The van der Waals surface area contributed by atoms with Gasteiger partial charge in [0.05, 0.1) is 28.5 Å². The van der Waals surface area contributed by atoms with Gasteiger partial charge in [-0.25, -0.2) is 4.79 Å². The van der Waals surface area contributed by atoms with Crippen LogP contribution in [0.15, 0.2) is 27.8 Å². The summed E-state index contributed by atoms with van der Waals surface area (Å²) in [6.07, 6.45) is 0. The number of ether oxygens (including phenoxy) is 1. The van der Waals surface area contributed by atoms with Gasteiger partial charge in [0.15, 0.2) is 5.84 Å². The molecule has 0 aliphatic rings. The van der Waals surface area contributed by atoms with Crippen molar-refractivity contribution < 1.29 is 14.4 Å². The van der Waals surface area contributed by atoms with Gasteiger partial charge in [-0.05, 0) is 54.9 Å². The molecule has 0 bridgehead atoms. The number of aryl methyl sites for hydroxylation is 1. The highest BCUT2D eigenvalue weighted by Gasteiger charge is 2.22. The van der Waals surface area contributed by atoms with Crippen LogP contribution in [0.25, 0.3) is 0 Å². The van der Waals surface area contributed by atoms with Gasteiger partial charge in [-0.15, -0.1) is 0 Å². The van der Waals surface area contributed by atoms with Crippen molar-refractivity contribution in [2.24, 2.45) is 10.9 Å². The lowest BCUT2D eigenvalue weighted by Gasteiger charge is -2.12. The van der Waals surface area contributed by atoms with Gasteiger partial charge >= 0.3 is 5.97 Å². The van der Waals surface area contributed by atoms with E-state index in [1.54, 1.807) is 29.8 Å². The van der Waals surface area contributed by atoms with Crippen LogP contribution in [-0.4, -0.2) is 28.7 Å². The van der Waals surface area contributed by atoms with Crippen molar-refractivity contribution >= 4 is 39.3 Å². The number of amidine groups is 1. The summed E-state index contributed by atoms with van der Waals surface area (Å²) in [5.41, 5.74) is 7.92. The summed E-state index contributed by atoms with van der Waals surface area (Å²) in [4.78, 5) is 17.2. The van der Waals surface area contributed by atoms with E-state index < -0.39 is 12.0 Å². The zero-order chi connectivity index (χ0) is 18.7. The van der Waals surface area contributed by atoms with Crippen molar-refractivity contribution in [1.82, 2.24) is 9.78 Å². The van der Waals surface area contributed by atoms with Gasteiger partial charge in [0.2, 0.25) is 0 Å². The molecule has 134 valence electrons. The second-order valence-electron chi connectivity index (χ2n) is 5.34. The number of nitrogens with two attached hydrogens (primary N) is 1. The molecule has 0 amide bonds. The topological polar surface area (TPSA) is 91.7 Å². The number of aromatic nitrogens is 2. The number of benzene rings is 1. The molecule has 2 N–H and O–H groups in total. The number of oxime groups is 1. The third kappa shape index (κ3) is 4.13. The molecule has 0 radical (unpaired) electrons. The lowest BCUT2D eigenvalue weighted by Crippen LogP contribution is -2.22. The Bertz CT molecular complexity index is 835. The van der Waals surface area contributed by atoms with Gasteiger partial charge in [-0.1, -0.05) is 16.8 Å². The van der Waals surface area contributed by atoms with Crippen molar-refractivity contribution in [3.63, 3.8) is 0 Å². The van der Waals surface area contributed by atoms with E-state index in [9.17, 15) is 4.79 Å². The smallest absolute Gasteiger partial charge is 0.359 e. The summed E-state index contributed by atoms with van der Waals surface area (Å²) < 4.78 is 7.61. The predicted molar refractivity (Wildman–Crippen MR) is 98.9 cm³/mol. The summed E-state index contributed by atoms with van der Waals surface area (Å²) in [6.45, 7) is 5.36. The molecule has 1 atom stereocenters. The van der Waals surface area contributed by atoms with E-state index in [1.165, 1.54) is 7.11 Å². The molecular formula is C16H18BrClN4O3. The van der Waals surface area contributed by atoms with Gasteiger partial charge in [0.1, 0.15) is 11.8 Å². The third-order valence-electron chi connectivity index (χ3n) is 3.62. The van der Waals surface area contributed by atoms with Crippen LogP contribution in [0.2, 0.25) is 5.02 Å². The highest BCUT2D eigenvalue weighted by molar-refractivity contribution is 9.10. The standard InChI is InChI=1S/C16H18BrClN4O3/c1-8-14(17)9(2)22(20-8)10(3)16(23)25-21-15(19)12-7-11(18)5-6-13(12)24-4/h5-7,10H,1-4H3,(H2,19,21). The largest absolute Gasteiger partial charge is 0.496 e. The van der Waals surface area contributed by atoms with Gasteiger partial charge < -0.3 is 15.3 Å². The molecule has 0 saturated heterocycles. The molecule has 9 heteroatoms. The zero-order valence-electron chi connectivity index (χ0n) is 14.2. The number of nitrogens with zero attached hydrogens (tertiary/aromatic N) is 3. The molecule has 1 heterocycles. The van der Waals surface area contributed by atoms with E-state index in [-0.39, 0.29) is 5.84 Å².